The second kappa shape index (κ2) is 7.69. The maximum Gasteiger partial charge on any atom is 0.254 e. The maximum atomic E-state index is 13.1. The van der Waals surface area contributed by atoms with Crippen LogP contribution in [0.4, 0.5) is 11.6 Å². The van der Waals surface area contributed by atoms with Crippen LogP contribution >= 0.6 is 0 Å². The molecule has 2 fully saturated rings. The lowest BCUT2D eigenvalue weighted by molar-refractivity contribution is -0.0507. The van der Waals surface area contributed by atoms with Crippen molar-refractivity contribution in [2.75, 3.05) is 51.0 Å². The molecule has 7 nitrogen and oxygen atoms in total. The fraction of sp³-hybridized carbons (Fsp3) is 0.320. The molecule has 0 radical (unpaired) electrons. The zero-order valence-electron chi connectivity index (χ0n) is 17.7. The second-order valence-corrected chi connectivity index (χ2v) is 8.63. The smallest absolute Gasteiger partial charge is 0.254 e. The van der Waals surface area contributed by atoms with Gasteiger partial charge in [0.1, 0.15) is 0 Å². The number of ether oxygens (including phenoxy) is 2. The highest BCUT2D eigenvalue weighted by molar-refractivity contribution is 5.96. The third kappa shape index (κ3) is 3.16. The van der Waals surface area contributed by atoms with Gasteiger partial charge in [-0.3, -0.25) is 4.79 Å². The van der Waals surface area contributed by atoms with E-state index in [4.69, 9.17) is 9.47 Å². The minimum absolute atomic E-state index is 0.0437. The molecule has 0 N–H and O–H groups in total. The van der Waals surface area contributed by atoms with Gasteiger partial charge in [-0.15, -0.1) is 0 Å². The van der Waals surface area contributed by atoms with E-state index < -0.39 is 0 Å². The molecule has 1 aromatic heterocycles. The Kier molecular flexibility index (Phi) is 4.66. The molecule has 0 atom stereocenters. The molecule has 3 aromatic rings. The minimum atomic E-state index is -0.0582. The summed E-state index contributed by atoms with van der Waals surface area (Å²) in [5.74, 6) is 0.688. The van der Waals surface area contributed by atoms with Gasteiger partial charge in [-0.05, 0) is 23.3 Å². The van der Waals surface area contributed by atoms with Crippen LogP contribution in [0.3, 0.4) is 0 Å². The quantitative estimate of drug-likeness (QED) is 0.639. The van der Waals surface area contributed by atoms with Gasteiger partial charge >= 0.3 is 0 Å². The number of rotatable bonds is 3. The molecule has 0 unspecified atom stereocenters. The summed E-state index contributed by atoms with van der Waals surface area (Å²) in [6, 6.07) is 16.1. The van der Waals surface area contributed by atoms with Crippen LogP contribution in [0.2, 0.25) is 0 Å². The molecular formula is C25H24N4O3. The summed E-state index contributed by atoms with van der Waals surface area (Å²) in [5.41, 5.74) is 4.90. The summed E-state index contributed by atoms with van der Waals surface area (Å²) in [5, 5.41) is 0. The Morgan fingerprint density at radius 1 is 0.906 bits per heavy atom. The molecule has 4 heterocycles. The number of carbonyl (C=O) groups is 1. The van der Waals surface area contributed by atoms with E-state index >= 15 is 0 Å². The molecule has 1 amide bonds. The number of aromatic nitrogens is 2. The van der Waals surface area contributed by atoms with Crippen molar-refractivity contribution in [1.82, 2.24) is 14.9 Å². The summed E-state index contributed by atoms with van der Waals surface area (Å²) in [6.07, 6.45) is 3.73. The van der Waals surface area contributed by atoms with Gasteiger partial charge in [0.2, 0.25) is 5.95 Å². The molecule has 0 bridgehead atoms. The normalized spacial score (nSPS) is 19.0. The number of carbonyl (C=O) groups excluding carboxylic acids is 1. The molecule has 0 saturated carbocycles. The lowest BCUT2D eigenvalue weighted by Crippen LogP contribution is -2.49. The predicted octanol–water partition coefficient (Wildman–Crippen LogP) is 3.04. The maximum absolute atomic E-state index is 13.1. The first-order valence-electron chi connectivity index (χ1n) is 11.0. The Labute approximate surface area is 186 Å². The van der Waals surface area contributed by atoms with Gasteiger partial charge < -0.3 is 19.3 Å². The van der Waals surface area contributed by atoms with Crippen molar-refractivity contribution < 1.29 is 14.3 Å². The molecule has 162 valence electrons. The Balaban J connectivity index is 1.34. The van der Waals surface area contributed by atoms with Crippen LogP contribution in [0.15, 0.2) is 60.9 Å². The summed E-state index contributed by atoms with van der Waals surface area (Å²) >= 11 is 0. The van der Waals surface area contributed by atoms with Crippen molar-refractivity contribution >= 4 is 17.5 Å². The molecule has 3 aliphatic heterocycles. The van der Waals surface area contributed by atoms with E-state index in [9.17, 15) is 4.79 Å². The van der Waals surface area contributed by atoms with Crippen LogP contribution in [0.1, 0.15) is 15.9 Å². The van der Waals surface area contributed by atoms with E-state index in [1.165, 1.54) is 5.56 Å². The Bertz CT molecular complexity index is 1140. The molecule has 0 aliphatic carbocycles. The first-order valence-corrected chi connectivity index (χ1v) is 11.0. The largest absolute Gasteiger partial charge is 0.379 e. The monoisotopic (exact) mass is 428 g/mol. The van der Waals surface area contributed by atoms with Crippen molar-refractivity contribution in [2.24, 2.45) is 0 Å². The van der Waals surface area contributed by atoms with Gasteiger partial charge in [0, 0.05) is 48.8 Å². The molecule has 2 saturated heterocycles. The lowest BCUT2D eigenvalue weighted by atomic mass is 9.80. The molecule has 7 heteroatoms. The molecule has 1 spiro atoms. The highest BCUT2D eigenvalue weighted by Crippen LogP contribution is 2.47. The van der Waals surface area contributed by atoms with E-state index in [0.29, 0.717) is 51.0 Å². The van der Waals surface area contributed by atoms with Crippen LogP contribution in [0.25, 0.3) is 11.1 Å². The first-order chi connectivity index (χ1) is 15.7. The number of fused-ring (bicyclic) bond motifs is 2. The van der Waals surface area contributed by atoms with E-state index in [0.717, 1.165) is 23.4 Å². The van der Waals surface area contributed by atoms with E-state index in [1.54, 1.807) is 0 Å². The Hall–Kier alpha value is -3.29. The van der Waals surface area contributed by atoms with Crippen LogP contribution in [-0.4, -0.2) is 66.8 Å². The van der Waals surface area contributed by atoms with Crippen molar-refractivity contribution in [3.63, 3.8) is 0 Å². The summed E-state index contributed by atoms with van der Waals surface area (Å²) in [4.78, 5) is 26.4. The van der Waals surface area contributed by atoms with Gasteiger partial charge in [0.15, 0.2) is 0 Å². The van der Waals surface area contributed by atoms with Gasteiger partial charge in [-0.2, -0.15) is 0 Å². The SMILES string of the molecule is O=C(c1ccc2c(c1)N(c1ncc(-c3ccccc3)cn1)CC21COC1)N1CCOCC1. The number of nitrogens with zero attached hydrogens (tertiary/aromatic N) is 4. The van der Waals surface area contributed by atoms with E-state index in [2.05, 4.69) is 20.9 Å². The molecule has 2 aromatic carbocycles. The van der Waals surface area contributed by atoms with Crippen molar-refractivity contribution in [2.45, 2.75) is 5.41 Å². The number of morpholine rings is 1. The Morgan fingerprint density at radius 3 is 2.34 bits per heavy atom. The fourth-order valence-electron chi connectivity index (χ4n) is 4.77. The van der Waals surface area contributed by atoms with E-state index in [1.807, 2.05) is 59.8 Å². The van der Waals surface area contributed by atoms with Crippen molar-refractivity contribution in [1.29, 1.82) is 0 Å². The number of amides is 1. The number of anilines is 2. The van der Waals surface area contributed by atoms with Crippen molar-refractivity contribution in [3.8, 4) is 11.1 Å². The van der Waals surface area contributed by atoms with Gasteiger partial charge in [-0.25, -0.2) is 9.97 Å². The molecule has 3 aliphatic rings. The summed E-state index contributed by atoms with van der Waals surface area (Å²) in [6.45, 7) is 4.53. The van der Waals surface area contributed by atoms with Gasteiger partial charge in [-0.1, -0.05) is 36.4 Å². The number of hydrogen-bond donors (Lipinski definition) is 0. The Morgan fingerprint density at radius 2 is 1.66 bits per heavy atom. The number of benzene rings is 2. The lowest BCUT2D eigenvalue weighted by Gasteiger charge is -2.38. The van der Waals surface area contributed by atoms with E-state index in [-0.39, 0.29) is 11.3 Å². The topological polar surface area (TPSA) is 67.8 Å². The van der Waals surface area contributed by atoms with Gasteiger partial charge in [0.05, 0.1) is 31.8 Å². The zero-order chi connectivity index (χ0) is 21.5. The fourth-order valence-corrected chi connectivity index (χ4v) is 4.77. The molecule has 32 heavy (non-hydrogen) atoms. The van der Waals surface area contributed by atoms with Crippen LogP contribution in [0.5, 0.6) is 0 Å². The minimum Gasteiger partial charge on any atom is -0.379 e. The van der Waals surface area contributed by atoms with Crippen LogP contribution in [-0.2, 0) is 14.9 Å². The first kappa shape index (κ1) is 19.4. The third-order valence-corrected chi connectivity index (χ3v) is 6.61. The second-order valence-electron chi connectivity index (χ2n) is 8.63. The molecule has 6 rings (SSSR count). The van der Waals surface area contributed by atoms with Gasteiger partial charge in [0.25, 0.3) is 5.91 Å². The van der Waals surface area contributed by atoms with Crippen LogP contribution in [0, 0.1) is 0 Å². The van der Waals surface area contributed by atoms with Crippen LogP contribution < -0.4 is 4.90 Å². The third-order valence-electron chi connectivity index (χ3n) is 6.61. The molecular weight excluding hydrogens is 404 g/mol. The standard InChI is InChI=1S/C25H24N4O3/c30-23(28-8-10-31-11-9-28)19-6-7-21-22(12-19)29(15-25(21)16-32-17-25)24-26-13-20(14-27-24)18-4-2-1-3-5-18/h1-7,12-14H,8-11,15-17H2. The number of hydrogen-bond acceptors (Lipinski definition) is 6. The highest BCUT2D eigenvalue weighted by Gasteiger charge is 2.49. The van der Waals surface area contributed by atoms with Crippen molar-refractivity contribution in [3.05, 3.63) is 72.1 Å². The predicted molar refractivity (Wildman–Crippen MR) is 120 cm³/mol. The summed E-state index contributed by atoms with van der Waals surface area (Å²) in [7, 11) is 0. The summed E-state index contributed by atoms with van der Waals surface area (Å²) < 4.78 is 11.0. The zero-order valence-corrected chi connectivity index (χ0v) is 17.7. The average Bonchev–Trinajstić information content (AvgIpc) is 3.20. The highest BCUT2D eigenvalue weighted by atomic mass is 16.5. The average molecular weight is 428 g/mol.